The van der Waals surface area contributed by atoms with Gasteiger partial charge in [0, 0.05) is 23.3 Å². The SMILES string of the molecule is CCCc1ccc(C(F)=C(F)c2ccc(-c3cc(F)c(C(F)(F)Oc4cc(F)c(F)c(F)c4)c(F)c3)cc2)cc1. The normalized spacial score (nSPS) is 12.3. The van der Waals surface area contributed by atoms with Crippen molar-refractivity contribution in [2.24, 2.45) is 0 Å². The number of halogens is 9. The molecule has 0 spiro atoms. The summed E-state index contributed by atoms with van der Waals surface area (Å²) in [4.78, 5) is 0. The maximum absolute atomic E-state index is 14.8. The lowest BCUT2D eigenvalue weighted by molar-refractivity contribution is -0.189. The molecule has 0 saturated carbocycles. The third kappa shape index (κ3) is 6.00. The molecule has 4 aromatic carbocycles. The Hall–Kier alpha value is -4.21. The molecule has 0 aromatic heterocycles. The van der Waals surface area contributed by atoms with Crippen LogP contribution in [-0.2, 0) is 12.5 Å². The molecule has 0 amide bonds. The molecule has 4 aromatic rings. The number of rotatable bonds is 8. The molecule has 0 fully saturated rings. The topological polar surface area (TPSA) is 9.23 Å². The lowest BCUT2D eigenvalue weighted by atomic mass is 10.00. The Morgan fingerprint density at radius 2 is 1.12 bits per heavy atom. The highest BCUT2D eigenvalue weighted by molar-refractivity contribution is 5.83. The molecular formula is C30H19F9O. The van der Waals surface area contributed by atoms with E-state index in [1.165, 1.54) is 24.3 Å². The van der Waals surface area contributed by atoms with Gasteiger partial charge in [-0.1, -0.05) is 61.9 Å². The lowest BCUT2D eigenvalue weighted by Gasteiger charge is -2.20. The van der Waals surface area contributed by atoms with E-state index < -0.39 is 58.2 Å². The zero-order valence-electron chi connectivity index (χ0n) is 20.7. The third-order valence-corrected chi connectivity index (χ3v) is 5.95. The molecule has 0 aliphatic heterocycles. The molecule has 1 nitrogen and oxygen atoms in total. The molecule has 0 radical (unpaired) electrons. The van der Waals surface area contributed by atoms with Crippen LogP contribution in [-0.4, -0.2) is 0 Å². The summed E-state index contributed by atoms with van der Waals surface area (Å²) in [6.07, 6.45) is -3.06. The van der Waals surface area contributed by atoms with Crippen LogP contribution in [0.15, 0.2) is 72.8 Å². The van der Waals surface area contributed by atoms with Gasteiger partial charge in [0.2, 0.25) is 0 Å². The zero-order chi connectivity index (χ0) is 29.2. The average Bonchev–Trinajstić information content (AvgIpc) is 2.90. The Labute approximate surface area is 223 Å². The summed E-state index contributed by atoms with van der Waals surface area (Å²) in [6, 6.07) is 12.3. The van der Waals surface area contributed by atoms with Crippen molar-refractivity contribution >= 4 is 11.7 Å². The molecule has 0 aliphatic carbocycles. The first-order valence-electron chi connectivity index (χ1n) is 11.9. The van der Waals surface area contributed by atoms with Crippen LogP contribution in [0.4, 0.5) is 39.5 Å². The van der Waals surface area contributed by atoms with Crippen LogP contribution in [0.2, 0.25) is 0 Å². The van der Waals surface area contributed by atoms with Gasteiger partial charge in [0.15, 0.2) is 29.1 Å². The lowest BCUT2D eigenvalue weighted by Crippen LogP contribution is -2.25. The number of hydrogen-bond acceptors (Lipinski definition) is 1. The highest BCUT2D eigenvalue weighted by Gasteiger charge is 2.41. The first-order chi connectivity index (χ1) is 18.9. The van der Waals surface area contributed by atoms with Crippen LogP contribution < -0.4 is 4.74 Å². The van der Waals surface area contributed by atoms with Gasteiger partial charge in [0.05, 0.1) is 0 Å². The summed E-state index contributed by atoms with van der Waals surface area (Å²) in [7, 11) is 0. The number of alkyl halides is 2. The largest absolute Gasteiger partial charge is 0.432 e. The Morgan fingerprint density at radius 3 is 1.60 bits per heavy atom. The molecule has 208 valence electrons. The molecule has 0 heterocycles. The van der Waals surface area contributed by atoms with E-state index in [0.717, 1.165) is 30.5 Å². The smallest absolute Gasteiger partial charge is 0.429 e. The first kappa shape index (κ1) is 28.8. The Bertz CT molecular complexity index is 1510. The molecule has 0 saturated heterocycles. The number of hydrogen-bond donors (Lipinski definition) is 0. The molecular weight excluding hydrogens is 547 g/mol. The van der Waals surface area contributed by atoms with Gasteiger partial charge in [0.25, 0.3) is 0 Å². The molecule has 0 N–H and O–H groups in total. The van der Waals surface area contributed by atoms with Gasteiger partial charge in [-0.05, 0) is 35.2 Å². The van der Waals surface area contributed by atoms with Crippen molar-refractivity contribution in [1.82, 2.24) is 0 Å². The van der Waals surface area contributed by atoms with Crippen LogP contribution in [0.25, 0.3) is 22.8 Å². The van der Waals surface area contributed by atoms with Crippen molar-refractivity contribution in [2.45, 2.75) is 25.9 Å². The van der Waals surface area contributed by atoms with E-state index in [1.54, 1.807) is 12.1 Å². The van der Waals surface area contributed by atoms with Crippen molar-refractivity contribution in [3.05, 3.63) is 124 Å². The average molecular weight is 566 g/mol. The minimum Gasteiger partial charge on any atom is -0.429 e. The van der Waals surface area contributed by atoms with Crippen LogP contribution in [0.3, 0.4) is 0 Å². The van der Waals surface area contributed by atoms with Crippen molar-refractivity contribution in [3.63, 3.8) is 0 Å². The minimum absolute atomic E-state index is 0.0235. The predicted molar refractivity (Wildman–Crippen MR) is 132 cm³/mol. The fourth-order valence-corrected chi connectivity index (χ4v) is 3.98. The van der Waals surface area contributed by atoms with Gasteiger partial charge in [-0.3, -0.25) is 0 Å². The van der Waals surface area contributed by atoms with E-state index in [9.17, 15) is 39.5 Å². The van der Waals surface area contributed by atoms with Gasteiger partial charge in [-0.25, -0.2) is 30.7 Å². The van der Waals surface area contributed by atoms with Gasteiger partial charge in [0.1, 0.15) is 22.9 Å². The van der Waals surface area contributed by atoms with E-state index in [2.05, 4.69) is 4.74 Å². The van der Waals surface area contributed by atoms with E-state index in [0.29, 0.717) is 12.1 Å². The van der Waals surface area contributed by atoms with Gasteiger partial charge in [-0.2, -0.15) is 8.78 Å². The van der Waals surface area contributed by atoms with Crippen molar-refractivity contribution < 1.29 is 44.3 Å². The number of benzene rings is 4. The quantitative estimate of drug-likeness (QED) is 0.117. The van der Waals surface area contributed by atoms with Gasteiger partial charge in [-0.15, -0.1) is 0 Å². The molecule has 0 atom stereocenters. The molecule has 40 heavy (non-hydrogen) atoms. The second-order valence-corrected chi connectivity index (χ2v) is 8.79. The van der Waals surface area contributed by atoms with E-state index in [4.69, 9.17) is 0 Å². The minimum atomic E-state index is -4.74. The van der Waals surface area contributed by atoms with E-state index >= 15 is 0 Å². The summed E-state index contributed by atoms with van der Waals surface area (Å²) in [5, 5.41) is 0. The molecule has 0 bridgehead atoms. The predicted octanol–water partition coefficient (Wildman–Crippen LogP) is 9.89. The highest BCUT2D eigenvalue weighted by atomic mass is 19.3. The summed E-state index contributed by atoms with van der Waals surface area (Å²) in [5.74, 6) is -12.7. The van der Waals surface area contributed by atoms with Gasteiger partial charge >= 0.3 is 6.11 Å². The van der Waals surface area contributed by atoms with Crippen LogP contribution in [0.5, 0.6) is 5.75 Å². The molecule has 0 aliphatic rings. The number of ether oxygens (including phenoxy) is 1. The highest BCUT2D eigenvalue weighted by Crippen LogP contribution is 2.38. The van der Waals surface area contributed by atoms with E-state index in [1.807, 2.05) is 6.92 Å². The Balaban J connectivity index is 1.59. The Kier molecular flexibility index (Phi) is 8.27. The van der Waals surface area contributed by atoms with Crippen molar-refractivity contribution in [1.29, 1.82) is 0 Å². The second kappa shape index (κ2) is 11.5. The van der Waals surface area contributed by atoms with Gasteiger partial charge < -0.3 is 4.74 Å². The second-order valence-electron chi connectivity index (χ2n) is 8.79. The zero-order valence-corrected chi connectivity index (χ0v) is 20.7. The monoisotopic (exact) mass is 566 g/mol. The summed E-state index contributed by atoms with van der Waals surface area (Å²) in [5.41, 5.74) is -1.19. The third-order valence-electron chi connectivity index (χ3n) is 5.95. The standard InChI is InChI=1S/C30H19F9O/c1-2-3-16-4-6-18(7-5-16)27(35)28(36)19-10-8-17(9-11-19)20-12-22(31)26(23(32)13-20)30(38,39)40-21-14-24(33)29(37)25(34)15-21/h4-15H,2-3H2,1H3. The summed E-state index contributed by atoms with van der Waals surface area (Å²) in [6.45, 7) is 1.99. The number of aryl methyl sites for hydroxylation is 1. The summed E-state index contributed by atoms with van der Waals surface area (Å²) < 4.78 is 132. The van der Waals surface area contributed by atoms with E-state index in [-0.39, 0.29) is 34.4 Å². The van der Waals surface area contributed by atoms with Crippen LogP contribution >= 0.6 is 0 Å². The Morgan fingerprint density at radius 1 is 0.650 bits per heavy atom. The van der Waals surface area contributed by atoms with Crippen molar-refractivity contribution in [3.8, 4) is 16.9 Å². The van der Waals surface area contributed by atoms with Crippen molar-refractivity contribution in [2.75, 3.05) is 0 Å². The molecule has 10 heteroatoms. The van der Waals surface area contributed by atoms with Crippen LogP contribution in [0.1, 0.15) is 35.6 Å². The fourth-order valence-electron chi connectivity index (χ4n) is 3.98. The maximum Gasteiger partial charge on any atom is 0.432 e. The summed E-state index contributed by atoms with van der Waals surface area (Å²) >= 11 is 0. The fraction of sp³-hybridized carbons (Fsp3) is 0.133. The molecule has 4 rings (SSSR count). The maximum atomic E-state index is 14.8. The van der Waals surface area contributed by atoms with Crippen LogP contribution in [0, 0.1) is 29.1 Å². The first-order valence-corrected chi connectivity index (χ1v) is 11.9. The molecule has 0 unspecified atom stereocenters.